The summed E-state index contributed by atoms with van der Waals surface area (Å²) in [7, 11) is 0. The predicted octanol–water partition coefficient (Wildman–Crippen LogP) is 2.53. The Morgan fingerprint density at radius 3 is 2.75 bits per heavy atom. The topological polar surface area (TPSA) is 62.5 Å². The van der Waals surface area contributed by atoms with Crippen molar-refractivity contribution in [2.75, 3.05) is 31.1 Å². The molecule has 0 aliphatic carbocycles. The Hall–Kier alpha value is -2.37. The van der Waals surface area contributed by atoms with Crippen LogP contribution in [-0.2, 0) is 4.79 Å². The zero-order valence-corrected chi connectivity index (χ0v) is 14.5. The Balaban J connectivity index is 1.67. The Labute approximate surface area is 142 Å². The molecule has 0 saturated carbocycles. The second-order valence-electron chi connectivity index (χ2n) is 6.34. The number of carbonyl (C=O) groups is 1. The summed E-state index contributed by atoms with van der Waals surface area (Å²) in [5.74, 6) is 2.56. The summed E-state index contributed by atoms with van der Waals surface area (Å²) < 4.78 is 5.58. The summed E-state index contributed by atoms with van der Waals surface area (Å²) in [4.78, 5) is 17.0. The molecule has 6 nitrogen and oxygen atoms in total. The van der Waals surface area contributed by atoms with E-state index in [4.69, 9.17) is 4.42 Å². The van der Waals surface area contributed by atoms with Crippen molar-refractivity contribution in [3.05, 3.63) is 41.5 Å². The summed E-state index contributed by atoms with van der Waals surface area (Å²) in [6.07, 6.45) is 2.60. The molecule has 0 N–H and O–H groups in total. The lowest BCUT2D eigenvalue weighted by molar-refractivity contribution is -0.132. The maximum absolute atomic E-state index is 12.9. The van der Waals surface area contributed by atoms with Crippen molar-refractivity contribution in [2.24, 2.45) is 0 Å². The number of furan rings is 1. The Bertz CT molecular complexity index is 698. The normalized spacial score (nSPS) is 16.8. The van der Waals surface area contributed by atoms with Crippen molar-refractivity contribution in [3.8, 4) is 0 Å². The zero-order chi connectivity index (χ0) is 17.1. The molecular weight excluding hydrogens is 304 g/mol. The van der Waals surface area contributed by atoms with E-state index in [0.29, 0.717) is 6.54 Å². The molecule has 0 aromatic carbocycles. The van der Waals surface area contributed by atoms with Gasteiger partial charge in [-0.1, -0.05) is 0 Å². The van der Waals surface area contributed by atoms with Gasteiger partial charge in [-0.3, -0.25) is 4.79 Å². The van der Waals surface area contributed by atoms with Gasteiger partial charge in [0.1, 0.15) is 11.5 Å². The monoisotopic (exact) mass is 328 g/mol. The summed E-state index contributed by atoms with van der Waals surface area (Å²) in [6.45, 7) is 8.94. The van der Waals surface area contributed by atoms with E-state index in [9.17, 15) is 4.79 Å². The standard InChI is InChI=1S/C18H24N4O2/c1-13-12-16(15(3)24-13)14(2)18(23)22-9-5-8-21(10-11-22)17-6-4-7-19-20-17/h4,6-7,12,14H,5,8-11H2,1-3H3. The van der Waals surface area contributed by atoms with E-state index in [2.05, 4.69) is 15.1 Å². The van der Waals surface area contributed by atoms with Crippen LogP contribution < -0.4 is 4.90 Å². The fourth-order valence-electron chi connectivity index (χ4n) is 3.32. The maximum atomic E-state index is 12.9. The molecule has 24 heavy (non-hydrogen) atoms. The quantitative estimate of drug-likeness (QED) is 0.866. The molecule has 1 aliphatic rings. The molecule has 0 bridgehead atoms. The molecule has 1 amide bonds. The molecule has 3 rings (SSSR count). The summed E-state index contributed by atoms with van der Waals surface area (Å²) in [5, 5.41) is 8.11. The van der Waals surface area contributed by atoms with Crippen molar-refractivity contribution >= 4 is 11.7 Å². The van der Waals surface area contributed by atoms with Crippen LogP contribution in [0.4, 0.5) is 5.82 Å². The molecule has 1 unspecified atom stereocenters. The van der Waals surface area contributed by atoms with Crippen LogP contribution in [0.2, 0.25) is 0 Å². The van der Waals surface area contributed by atoms with Gasteiger partial charge in [-0.05, 0) is 45.4 Å². The second kappa shape index (κ2) is 7.03. The molecule has 0 spiro atoms. The van der Waals surface area contributed by atoms with Crippen molar-refractivity contribution < 1.29 is 9.21 Å². The molecule has 3 heterocycles. The largest absolute Gasteiger partial charge is 0.466 e. The van der Waals surface area contributed by atoms with Crippen LogP contribution in [0.3, 0.4) is 0 Å². The molecular formula is C18H24N4O2. The van der Waals surface area contributed by atoms with E-state index in [0.717, 1.165) is 49.0 Å². The van der Waals surface area contributed by atoms with Crippen LogP contribution >= 0.6 is 0 Å². The highest BCUT2D eigenvalue weighted by Gasteiger charge is 2.27. The van der Waals surface area contributed by atoms with Gasteiger partial charge in [-0.15, -0.1) is 5.10 Å². The van der Waals surface area contributed by atoms with E-state index in [1.165, 1.54) is 0 Å². The van der Waals surface area contributed by atoms with Crippen LogP contribution in [0.25, 0.3) is 0 Å². The number of rotatable bonds is 3. The summed E-state index contributed by atoms with van der Waals surface area (Å²) in [6, 6.07) is 5.83. The number of hydrogen-bond acceptors (Lipinski definition) is 5. The van der Waals surface area contributed by atoms with Gasteiger partial charge in [0.2, 0.25) is 5.91 Å². The molecule has 6 heteroatoms. The van der Waals surface area contributed by atoms with Crippen molar-refractivity contribution in [1.82, 2.24) is 15.1 Å². The molecule has 128 valence electrons. The first-order chi connectivity index (χ1) is 11.6. The molecule has 2 aromatic rings. The van der Waals surface area contributed by atoms with Gasteiger partial charge < -0.3 is 14.2 Å². The fourth-order valence-corrected chi connectivity index (χ4v) is 3.32. The maximum Gasteiger partial charge on any atom is 0.230 e. The van der Waals surface area contributed by atoms with Crippen molar-refractivity contribution in [1.29, 1.82) is 0 Å². The van der Waals surface area contributed by atoms with Gasteiger partial charge in [-0.25, -0.2) is 0 Å². The SMILES string of the molecule is Cc1cc(C(C)C(=O)N2CCCN(c3cccnn3)CC2)c(C)o1. The minimum atomic E-state index is -0.175. The van der Waals surface area contributed by atoms with E-state index < -0.39 is 0 Å². The van der Waals surface area contributed by atoms with Gasteiger partial charge in [-0.2, -0.15) is 5.10 Å². The van der Waals surface area contributed by atoms with Gasteiger partial charge in [0.05, 0.1) is 5.92 Å². The van der Waals surface area contributed by atoms with Gasteiger partial charge in [0.15, 0.2) is 5.82 Å². The van der Waals surface area contributed by atoms with Crippen LogP contribution in [0.5, 0.6) is 0 Å². The number of amides is 1. The number of anilines is 1. The van der Waals surface area contributed by atoms with Crippen LogP contribution in [0.1, 0.15) is 36.3 Å². The Morgan fingerprint density at radius 2 is 2.08 bits per heavy atom. The molecule has 2 aromatic heterocycles. The fraction of sp³-hybridized carbons (Fsp3) is 0.500. The number of aromatic nitrogens is 2. The van der Waals surface area contributed by atoms with E-state index in [-0.39, 0.29) is 11.8 Å². The number of hydrogen-bond donors (Lipinski definition) is 0. The Kier molecular flexibility index (Phi) is 4.83. The number of carbonyl (C=O) groups excluding carboxylic acids is 1. The zero-order valence-electron chi connectivity index (χ0n) is 14.5. The minimum absolute atomic E-state index is 0.167. The van der Waals surface area contributed by atoms with Crippen molar-refractivity contribution in [2.45, 2.75) is 33.1 Å². The van der Waals surface area contributed by atoms with Gasteiger partial charge in [0, 0.05) is 37.9 Å². The average molecular weight is 328 g/mol. The lowest BCUT2D eigenvalue weighted by Gasteiger charge is -2.25. The summed E-state index contributed by atoms with van der Waals surface area (Å²) in [5.41, 5.74) is 0.993. The summed E-state index contributed by atoms with van der Waals surface area (Å²) >= 11 is 0. The molecule has 1 atom stereocenters. The van der Waals surface area contributed by atoms with Gasteiger partial charge in [0.25, 0.3) is 0 Å². The third-order valence-corrected chi connectivity index (χ3v) is 4.61. The van der Waals surface area contributed by atoms with Crippen LogP contribution in [0, 0.1) is 13.8 Å². The first-order valence-electron chi connectivity index (χ1n) is 8.44. The predicted molar refractivity (Wildman–Crippen MR) is 92.0 cm³/mol. The highest BCUT2D eigenvalue weighted by atomic mass is 16.3. The third kappa shape index (κ3) is 3.42. The smallest absolute Gasteiger partial charge is 0.230 e. The number of nitrogens with zero attached hydrogens (tertiary/aromatic N) is 4. The van der Waals surface area contributed by atoms with E-state index >= 15 is 0 Å². The lowest BCUT2D eigenvalue weighted by Crippen LogP contribution is -2.37. The Morgan fingerprint density at radius 1 is 1.25 bits per heavy atom. The van der Waals surface area contributed by atoms with Gasteiger partial charge >= 0.3 is 0 Å². The van der Waals surface area contributed by atoms with E-state index in [1.807, 2.05) is 43.9 Å². The highest BCUT2D eigenvalue weighted by molar-refractivity contribution is 5.83. The molecule has 0 radical (unpaired) electrons. The molecule has 1 saturated heterocycles. The van der Waals surface area contributed by atoms with Crippen LogP contribution in [-0.4, -0.2) is 47.2 Å². The van der Waals surface area contributed by atoms with E-state index in [1.54, 1.807) is 6.20 Å². The molecule has 1 aliphatic heterocycles. The van der Waals surface area contributed by atoms with Crippen molar-refractivity contribution in [3.63, 3.8) is 0 Å². The highest BCUT2D eigenvalue weighted by Crippen LogP contribution is 2.25. The lowest BCUT2D eigenvalue weighted by atomic mass is 10.00. The second-order valence-corrected chi connectivity index (χ2v) is 6.34. The third-order valence-electron chi connectivity index (χ3n) is 4.61. The molecule has 1 fully saturated rings. The minimum Gasteiger partial charge on any atom is -0.466 e. The average Bonchev–Trinajstić information content (AvgIpc) is 2.79. The number of aryl methyl sites for hydroxylation is 2. The first kappa shape index (κ1) is 16.5. The first-order valence-corrected chi connectivity index (χ1v) is 8.44. The van der Waals surface area contributed by atoms with Crippen LogP contribution in [0.15, 0.2) is 28.8 Å².